The maximum Gasteiger partial charge on any atom is 0.229 e. The van der Waals surface area contributed by atoms with Gasteiger partial charge < -0.3 is 5.32 Å². The molecule has 1 aliphatic rings. The van der Waals surface area contributed by atoms with Crippen LogP contribution in [0.25, 0.3) is 11.3 Å². The number of hydrogen-bond acceptors (Lipinski definition) is 4. The standard InChI is InChI=1S/C19H20N4OS/c1-3-12-4-6-13(7-5-12)17-11-25-19(21-17)22-18(24)16-8-15(16)14-9-20-23(2)10-14/h4-7,9-11,15-16H,3,8H2,1-2H3,(H,21,22,24). The first-order valence-corrected chi connectivity index (χ1v) is 9.36. The van der Waals surface area contributed by atoms with Crippen LogP contribution >= 0.6 is 11.3 Å². The molecule has 1 N–H and O–H groups in total. The molecule has 1 amide bonds. The summed E-state index contributed by atoms with van der Waals surface area (Å²) in [5, 5.41) is 9.80. The number of amides is 1. The van der Waals surface area contributed by atoms with Gasteiger partial charge in [0.25, 0.3) is 0 Å². The van der Waals surface area contributed by atoms with E-state index in [0.29, 0.717) is 5.13 Å². The Balaban J connectivity index is 1.40. The van der Waals surface area contributed by atoms with Gasteiger partial charge in [-0.2, -0.15) is 5.10 Å². The van der Waals surface area contributed by atoms with E-state index in [1.807, 2.05) is 24.8 Å². The number of aromatic nitrogens is 3. The highest BCUT2D eigenvalue weighted by atomic mass is 32.1. The minimum Gasteiger partial charge on any atom is -0.302 e. The zero-order chi connectivity index (χ0) is 17.4. The molecule has 0 radical (unpaired) electrons. The van der Waals surface area contributed by atoms with Crippen molar-refractivity contribution in [1.29, 1.82) is 0 Å². The Morgan fingerprint density at radius 2 is 2.16 bits per heavy atom. The summed E-state index contributed by atoms with van der Waals surface area (Å²) in [4.78, 5) is 17.0. The summed E-state index contributed by atoms with van der Waals surface area (Å²) in [7, 11) is 1.89. The average molecular weight is 352 g/mol. The van der Waals surface area contributed by atoms with Crippen molar-refractivity contribution >= 4 is 22.4 Å². The van der Waals surface area contributed by atoms with Crippen molar-refractivity contribution < 1.29 is 4.79 Å². The Kier molecular flexibility index (Phi) is 4.13. The Morgan fingerprint density at radius 1 is 1.36 bits per heavy atom. The molecule has 2 unspecified atom stereocenters. The summed E-state index contributed by atoms with van der Waals surface area (Å²) < 4.78 is 1.78. The summed E-state index contributed by atoms with van der Waals surface area (Å²) in [6.07, 6.45) is 5.74. The van der Waals surface area contributed by atoms with E-state index in [0.717, 1.165) is 29.7 Å². The Bertz CT molecular complexity index is 896. The molecular formula is C19H20N4OS. The van der Waals surface area contributed by atoms with E-state index >= 15 is 0 Å². The van der Waals surface area contributed by atoms with Crippen LogP contribution in [0.5, 0.6) is 0 Å². The summed E-state index contributed by atoms with van der Waals surface area (Å²) >= 11 is 1.47. The van der Waals surface area contributed by atoms with Crippen LogP contribution in [0.2, 0.25) is 0 Å². The summed E-state index contributed by atoms with van der Waals surface area (Å²) in [6, 6.07) is 8.41. The molecule has 2 atom stereocenters. The van der Waals surface area contributed by atoms with Gasteiger partial charge in [-0.1, -0.05) is 31.2 Å². The normalized spacial score (nSPS) is 19.0. The number of nitrogens with zero attached hydrogens (tertiary/aromatic N) is 3. The van der Waals surface area contributed by atoms with Crippen molar-refractivity contribution in [3.63, 3.8) is 0 Å². The number of aryl methyl sites for hydroxylation is 2. The van der Waals surface area contributed by atoms with Crippen molar-refractivity contribution in [3.05, 3.63) is 53.2 Å². The van der Waals surface area contributed by atoms with Crippen molar-refractivity contribution in [1.82, 2.24) is 14.8 Å². The zero-order valence-corrected chi connectivity index (χ0v) is 15.1. The number of benzene rings is 1. The van der Waals surface area contributed by atoms with Gasteiger partial charge in [0.1, 0.15) is 0 Å². The highest BCUT2D eigenvalue weighted by molar-refractivity contribution is 7.14. The second-order valence-electron chi connectivity index (χ2n) is 6.47. The van der Waals surface area contributed by atoms with Gasteiger partial charge in [0.05, 0.1) is 11.9 Å². The molecule has 2 heterocycles. The lowest BCUT2D eigenvalue weighted by molar-refractivity contribution is -0.117. The van der Waals surface area contributed by atoms with Crippen molar-refractivity contribution in [2.75, 3.05) is 5.32 Å². The van der Waals surface area contributed by atoms with Gasteiger partial charge in [-0.15, -0.1) is 11.3 Å². The molecule has 5 nitrogen and oxygen atoms in total. The van der Waals surface area contributed by atoms with Gasteiger partial charge in [-0.05, 0) is 29.9 Å². The van der Waals surface area contributed by atoms with E-state index in [-0.39, 0.29) is 17.7 Å². The summed E-state index contributed by atoms with van der Waals surface area (Å²) in [6.45, 7) is 2.14. The molecular weight excluding hydrogens is 332 g/mol. The highest BCUT2D eigenvalue weighted by Gasteiger charge is 2.44. The second-order valence-corrected chi connectivity index (χ2v) is 7.33. The highest BCUT2D eigenvalue weighted by Crippen LogP contribution is 2.47. The number of anilines is 1. The lowest BCUT2D eigenvalue weighted by Gasteiger charge is -2.01. The fraction of sp³-hybridized carbons (Fsp3) is 0.316. The van der Waals surface area contributed by atoms with Crippen molar-refractivity contribution in [3.8, 4) is 11.3 Å². The number of thiazole rings is 1. The molecule has 1 aromatic carbocycles. The van der Waals surface area contributed by atoms with E-state index in [2.05, 4.69) is 46.6 Å². The third-order valence-corrected chi connectivity index (χ3v) is 5.43. The smallest absolute Gasteiger partial charge is 0.229 e. The summed E-state index contributed by atoms with van der Waals surface area (Å²) in [5.74, 6) is 0.367. The van der Waals surface area contributed by atoms with Crippen LogP contribution < -0.4 is 5.32 Å². The fourth-order valence-corrected chi connectivity index (χ4v) is 3.78. The predicted molar refractivity (Wildman–Crippen MR) is 99.6 cm³/mol. The predicted octanol–water partition coefficient (Wildman–Crippen LogP) is 3.85. The van der Waals surface area contributed by atoms with Gasteiger partial charge in [0.2, 0.25) is 5.91 Å². The molecule has 6 heteroatoms. The molecule has 4 rings (SSSR count). The van der Waals surface area contributed by atoms with Crippen LogP contribution in [0.1, 0.15) is 30.4 Å². The first kappa shape index (κ1) is 16.0. The lowest BCUT2D eigenvalue weighted by Crippen LogP contribution is -2.14. The molecule has 0 spiro atoms. The Labute approximate surface area is 150 Å². The quantitative estimate of drug-likeness (QED) is 0.759. The summed E-state index contributed by atoms with van der Waals surface area (Å²) in [5.41, 5.74) is 4.43. The average Bonchev–Trinajstić information content (AvgIpc) is 3.10. The van der Waals surface area contributed by atoms with Crippen LogP contribution in [-0.2, 0) is 18.3 Å². The number of nitrogens with one attached hydrogen (secondary N) is 1. The first-order valence-electron chi connectivity index (χ1n) is 8.48. The molecule has 1 fully saturated rings. The van der Waals surface area contributed by atoms with Gasteiger partial charge in [0.15, 0.2) is 5.13 Å². The first-order chi connectivity index (χ1) is 12.1. The van der Waals surface area contributed by atoms with Crippen LogP contribution in [0, 0.1) is 5.92 Å². The maximum atomic E-state index is 12.4. The zero-order valence-electron chi connectivity index (χ0n) is 14.3. The molecule has 2 aromatic heterocycles. The van der Waals surface area contributed by atoms with E-state index in [4.69, 9.17) is 0 Å². The molecule has 0 saturated heterocycles. The van der Waals surface area contributed by atoms with Crippen LogP contribution in [0.4, 0.5) is 5.13 Å². The second kappa shape index (κ2) is 6.44. The molecule has 0 bridgehead atoms. The van der Waals surface area contributed by atoms with Gasteiger partial charge in [-0.25, -0.2) is 4.98 Å². The van der Waals surface area contributed by atoms with E-state index in [9.17, 15) is 4.79 Å². The van der Waals surface area contributed by atoms with Crippen LogP contribution in [0.3, 0.4) is 0 Å². The number of hydrogen-bond donors (Lipinski definition) is 1. The van der Waals surface area contributed by atoms with Crippen LogP contribution in [0.15, 0.2) is 42.0 Å². The molecule has 128 valence electrons. The molecule has 25 heavy (non-hydrogen) atoms. The maximum absolute atomic E-state index is 12.4. The van der Waals surface area contributed by atoms with E-state index in [1.165, 1.54) is 16.9 Å². The molecule has 1 aliphatic carbocycles. The van der Waals surface area contributed by atoms with Crippen LogP contribution in [-0.4, -0.2) is 20.7 Å². The molecule has 0 aliphatic heterocycles. The van der Waals surface area contributed by atoms with E-state index < -0.39 is 0 Å². The monoisotopic (exact) mass is 352 g/mol. The minimum atomic E-state index is 0.0281. The number of carbonyl (C=O) groups excluding carboxylic acids is 1. The topological polar surface area (TPSA) is 59.8 Å². The number of rotatable bonds is 5. The van der Waals surface area contributed by atoms with Gasteiger partial charge in [-0.3, -0.25) is 9.48 Å². The van der Waals surface area contributed by atoms with Crippen molar-refractivity contribution in [2.24, 2.45) is 13.0 Å². The van der Waals surface area contributed by atoms with Crippen molar-refractivity contribution in [2.45, 2.75) is 25.7 Å². The van der Waals surface area contributed by atoms with E-state index in [1.54, 1.807) is 4.68 Å². The van der Waals surface area contributed by atoms with Gasteiger partial charge in [0, 0.05) is 30.1 Å². The Morgan fingerprint density at radius 3 is 2.84 bits per heavy atom. The molecule has 3 aromatic rings. The molecule has 1 saturated carbocycles. The van der Waals surface area contributed by atoms with Gasteiger partial charge >= 0.3 is 0 Å². The Hall–Kier alpha value is -2.47. The SMILES string of the molecule is CCc1ccc(-c2csc(NC(=O)C3CC3c3cnn(C)c3)n2)cc1. The largest absolute Gasteiger partial charge is 0.302 e. The third-order valence-electron chi connectivity index (χ3n) is 4.67. The minimum absolute atomic E-state index is 0.0281. The third kappa shape index (κ3) is 3.35. The number of carbonyl (C=O) groups is 1. The lowest BCUT2D eigenvalue weighted by atomic mass is 10.1. The fourth-order valence-electron chi connectivity index (χ4n) is 3.06.